The zero-order valence-electron chi connectivity index (χ0n) is 15.8. The minimum Gasteiger partial charge on any atom is -0.487 e. The quantitative estimate of drug-likeness (QED) is 0.719. The first-order chi connectivity index (χ1) is 13.8. The van der Waals surface area contributed by atoms with E-state index in [1.807, 2.05) is 47.4 Å². The van der Waals surface area contributed by atoms with E-state index in [2.05, 4.69) is 27.0 Å². The Balaban J connectivity index is 1.28. The van der Waals surface area contributed by atoms with E-state index in [9.17, 15) is 4.79 Å². The standard InChI is InChI=1S/C22H24N4O2/c27-22(21-8-4-10-24-21)26-13-11-25(12-14-26)16-18-5-3-7-20(15-18)28-17-19-6-1-2-9-23-19/h1-10,15,24H,11-14,16-17H2. The maximum Gasteiger partial charge on any atom is 0.270 e. The highest BCUT2D eigenvalue weighted by atomic mass is 16.5. The van der Waals surface area contributed by atoms with Gasteiger partial charge in [0.1, 0.15) is 18.1 Å². The first-order valence-electron chi connectivity index (χ1n) is 9.54. The van der Waals surface area contributed by atoms with E-state index in [1.54, 1.807) is 12.4 Å². The van der Waals surface area contributed by atoms with Crippen LogP contribution in [0.5, 0.6) is 5.75 Å². The van der Waals surface area contributed by atoms with Crippen LogP contribution in [0.25, 0.3) is 0 Å². The molecule has 1 N–H and O–H groups in total. The fourth-order valence-electron chi connectivity index (χ4n) is 3.38. The lowest BCUT2D eigenvalue weighted by Crippen LogP contribution is -2.48. The van der Waals surface area contributed by atoms with Gasteiger partial charge in [-0.3, -0.25) is 14.7 Å². The molecule has 1 saturated heterocycles. The predicted octanol–water partition coefficient (Wildman–Crippen LogP) is 2.95. The minimum absolute atomic E-state index is 0.0783. The van der Waals surface area contributed by atoms with E-state index >= 15 is 0 Å². The number of benzene rings is 1. The van der Waals surface area contributed by atoms with Gasteiger partial charge >= 0.3 is 0 Å². The molecule has 144 valence electrons. The van der Waals surface area contributed by atoms with Gasteiger partial charge in [0.15, 0.2) is 0 Å². The second-order valence-corrected chi connectivity index (χ2v) is 6.91. The first kappa shape index (κ1) is 18.3. The monoisotopic (exact) mass is 376 g/mol. The van der Waals surface area contributed by atoms with Crippen LogP contribution in [0.2, 0.25) is 0 Å². The molecule has 0 unspecified atom stereocenters. The van der Waals surface area contributed by atoms with E-state index in [-0.39, 0.29) is 5.91 Å². The van der Waals surface area contributed by atoms with E-state index in [0.29, 0.717) is 12.3 Å². The molecule has 2 aromatic heterocycles. The SMILES string of the molecule is O=C(c1ccc[nH]1)N1CCN(Cc2cccc(OCc3ccccn3)c2)CC1. The summed E-state index contributed by atoms with van der Waals surface area (Å²) in [6, 6.07) is 17.7. The van der Waals surface area contributed by atoms with Gasteiger partial charge in [-0.2, -0.15) is 0 Å². The van der Waals surface area contributed by atoms with Gasteiger partial charge in [-0.05, 0) is 42.0 Å². The topological polar surface area (TPSA) is 61.5 Å². The van der Waals surface area contributed by atoms with Gasteiger partial charge in [-0.15, -0.1) is 0 Å². The Kier molecular flexibility index (Phi) is 5.68. The Bertz CT molecular complexity index is 888. The van der Waals surface area contributed by atoms with E-state index in [0.717, 1.165) is 44.2 Å². The summed E-state index contributed by atoms with van der Waals surface area (Å²) in [6.45, 7) is 4.54. The van der Waals surface area contributed by atoms with Crippen molar-refractivity contribution in [2.24, 2.45) is 0 Å². The predicted molar refractivity (Wildman–Crippen MR) is 107 cm³/mol. The number of hydrogen-bond donors (Lipinski definition) is 1. The van der Waals surface area contributed by atoms with E-state index in [1.165, 1.54) is 5.56 Å². The normalized spacial score (nSPS) is 14.8. The number of nitrogens with one attached hydrogen (secondary N) is 1. The second kappa shape index (κ2) is 8.71. The summed E-state index contributed by atoms with van der Waals surface area (Å²) >= 11 is 0. The first-order valence-corrected chi connectivity index (χ1v) is 9.54. The summed E-state index contributed by atoms with van der Waals surface area (Å²) in [5.41, 5.74) is 2.78. The van der Waals surface area contributed by atoms with Gasteiger partial charge in [-0.1, -0.05) is 18.2 Å². The van der Waals surface area contributed by atoms with E-state index < -0.39 is 0 Å². The number of piperazine rings is 1. The molecule has 3 heterocycles. The molecule has 1 aromatic carbocycles. The number of hydrogen-bond acceptors (Lipinski definition) is 4. The lowest BCUT2D eigenvalue weighted by Gasteiger charge is -2.34. The van der Waals surface area contributed by atoms with Crippen molar-refractivity contribution in [3.63, 3.8) is 0 Å². The molecule has 3 aromatic rings. The molecule has 0 bridgehead atoms. The largest absolute Gasteiger partial charge is 0.487 e. The number of H-pyrrole nitrogens is 1. The lowest BCUT2D eigenvalue weighted by atomic mass is 10.2. The van der Waals surface area contributed by atoms with Crippen molar-refractivity contribution in [3.8, 4) is 5.75 Å². The van der Waals surface area contributed by atoms with Crippen LogP contribution in [0.1, 0.15) is 21.7 Å². The Hall–Kier alpha value is -3.12. The van der Waals surface area contributed by atoms with Crippen molar-refractivity contribution in [1.29, 1.82) is 0 Å². The summed E-state index contributed by atoms with van der Waals surface area (Å²) < 4.78 is 5.87. The second-order valence-electron chi connectivity index (χ2n) is 6.91. The Morgan fingerprint density at radius 1 is 1.04 bits per heavy atom. The summed E-state index contributed by atoms with van der Waals surface area (Å²) in [5, 5.41) is 0. The highest BCUT2D eigenvalue weighted by molar-refractivity contribution is 5.92. The molecular formula is C22H24N4O2. The van der Waals surface area contributed by atoms with Gasteiger partial charge < -0.3 is 14.6 Å². The third-order valence-electron chi connectivity index (χ3n) is 4.91. The van der Waals surface area contributed by atoms with Crippen LogP contribution in [0, 0.1) is 0 Å². The molecule has 28 heavy (non-hydrogen) atoms. The highest BCUT2D eigenvalue weighted by Crippen LogP contribution is 2.17. The molecule has 1 amide bonds. The number of aromatic nitrogens is 2. The summed E-state index contributed by atoms with van der Waals surface area (Å²) in [4.78, 5) is 24.0. The lowest BCUT2D eigenvalue weighted by molar-refractivity contribution is 0.0623. The van der Waals surface area contributed by atoms with Crippen molar-refractivity contribution in [3.05, 3.63) is 83.9 Å². The van der Waals surface area contributed by atoms with Gasteiger partial charge in [0.05, 0.1) is 5.69 Å². The summed E-state index contributed by atoms with van der Waals surface area (Å²) in [6.07, 6.45) is 3.56. The van der Waals surface area contributed by atoms with Crippen molar-refractivity contribution in [2.75, 3.05) is 26.2 Å². The smallest absolute Gasteiger partial charge is 0.270 e. The van der Waals surface area contributed by atoms with Gasteiger partial charge in [-0.25, -0.2) is 0 Å². The number of carbonyl (C=O) groups excluding carboxylic acids is 1. The van der Waals surface area contributed by atoms with Crippen LogP contribution in [0.3, 0.4) is 0 Å². The van der Waals surface area contributed by atoms with Crippen LogP contribution >= 0.6 is 0 Å². The fourth-order valence-corrected chi connectivity index (χ4v) is 3.38. The number of ether oxygens (including phenoxy) is 1. The zero-order valence-corrected chi connectivity index (χ0v) is 15.8. The molecule has 1 fully saturated rings. The van der Waals surface area contributed by atoms with Crippen LogP contribution in [-0.4, -0.2) is 51.9 Å². The molecule has 0 aliphatic carbocycles. The minimum atomic E-state index is 0.0783. The third-order valence-corrected chi connectivity index (χ3v) is 4.91. The third kappa shape index (κ3) is 4.58. The van der Waals surface area contributed by atoms with Crippen molar-refractivity contribution in [1.82, 2.24) is 19.8 Å². The number of aromatic amines is 1. The van der Waals surface area contributed by atoms with Crippen LogP contribution < -0.4 is 4.74 Å². The number of amides is 1. The molecule has 0 saturated carbocycles. The van der Waals surface area contributed by atoms with Crippen molar-refractivity contribution >= 4 is 5.91 Å². The molecule has 0 radical (unpaired) electrons. The molecular weight excluding hydrogens is 352 g/mol. The molecule has 6 heteroatoms. The van der Waals surface area contributed by atoms with Gasteiger partial charge in [0, 0.05) is 45.1 Å². The Labute approximate surface area is 164 Å². The number of rotatable bonds is 6. The van der Waals surface area contributed by atoms with Crippen LogP contribution in [0.15, 0.2) is 67.0 Å². The summed E-state index contributed by atoms with van der Waals surface area (Å²) in [7, 11) is 0. The highest BCUT2D eigenvalue weighted by Gasteiger charge is 2.22. The number of pyridine rings is 1. The van der Waals surface area contributed by atoms with Crippen molar-refractivity contribution < 1.29 is 9.53 Å². The Morgan fingerprint density at radius 3 is 2.68 bits per heavy atom. The molecule has 1 aliphatic heterocycles. The Morgan fingerprint density at radius 2 is 1.93 bits per heavy atom. The molecule has 4 rings (SSSR count). The molecule has 0 atom stereocenters. The van der Waals surface area contributed by atoms with Crippen LogP contribution in [-0.2, 0) is 13.2 Å². The summed E-state index contributed by atoms with van der Waals surface area (Å²) in [5.74, 6) is 0.929. The van der Waals surface area contributed by atoms with Crippen molar-refractivity contribution in [2.45, 2.75) is 13.2 Å². The van der Waals surface area contributed by atoms with E-state index in [4.69, 9.17) is 4.74 Å². The maximum atomic E-state index is 12.4. The maximum absolute atomic E-state index is 12.4. The average molecular weight is 376 g/mol. The zero-order chi connectivity index (χ0) is 19.2. The van der Waals surface area contributed by atoms with Gasteiger partial charge in [0.2, 0.25) is 0 Å². The fraction of sp³-hybridized carbons (Fsp3) is 0.273. The van der Waals surface area contributed by atoms with Gasteiger partial charge in [0.25, 0.3) is 5.91 Å². The molecule has 0 spiro atoms. The molecule has 6 nitrogen and oxygen atoms in total. The number of nitrogens with zero attached hydrogens (tertiary/aromatic N) is 3. The average Bonchev–Trinajstić information content (AvgIpc) is 3.28. The van der Waals surface area contributed by atoms with Crippen LogP contribution in [0.4, 0.5) is 0 Å². The molecule has 1 aliphatic rings. The number of carbonyl (C=O) groups is 1.